The Morgan fingerprint density at radius 2 is 1.96 bits per heavy atom. The second kappa shape index (κ2) is 10.7. The van der Waals surface area contributed by atoms with Gasteiger partial charge in [-0.2, -0.15) is 0 Å². The highest BCUT2D eigenvalue weighted by molar-refractivity contribution is 14.0. The van der Waals surface area contributed by atoms with Gasteiger partial charge >= 0.3 is 0 Å². The van der Waals surface area contributed by atoms with Gasteiger partial charge in [0.1, 0.15) is 5.01 Å². The van der Waals surface area contributed by atoms with E-state index in [9.17, 15) is 0 Å². The van der Waals surface area contributed by atoms with Crippen LogP contribution in [0, 0.1) is 6.92 Å². The van der Waals surface area contributed by atoms with E-state index < -0.39 is 0 Å². The largest absolute Gasteiger partial charge is 0.378 e. The molecular weight excluding hydrogens is 461 g/mol. The summed E-state index contributed by atoms with van der Waals surface area (Å²) in [4.78, 5) is 12.3. The predicted molar refractivity (Wildman–Crippen MR) is 119 cm³/mol. The third kappa shape index (κ3) is 5.82. The van der Waals surface area contributed by atoms with E-state index in [0.717, 1.165) is 43.8 Å². The molecule has 1 aliphatic heterocycles. The fourth-order valence-electron chi connectivity index (χ4n) is 2.82. The van der Waals surface area contributed by atoms with Crippen LogP contribution in [0.2, 0.25) is 0 Å². The van der Waals surface area contributed by atoms with Crippen molar-refractivity contribution in [3.05, 3.63) is 45.9 Å². The first-order chi connectivity index (χ1) is 12.3. The first-order valence-corrected chi connectivity index (χ1v) is 9.34. The number of aryl methyl sites for hydroxylation is 1. The maximum Gasteiger partial charge on any atom is 0.191 e. The van der Waals surface area contributed by atoms with E-state index in [1.807, 2.05) is 6.20 Å². The Kier molecular flexibility index (Phi) is 8.60. The number of aromatic nitrogens is 1. The van der Waals surface area contributed by atoms with Gasteiger partial charge in [0, 0.05) is 43.4 Å². The zero-order valence-electron chi connectivity index (χ0n) is 15.2. The number of anilines is 1. The monoisotopic (exact) mass is 487 g/mol. The van der Waals surface area contributed by atoms with Gasteiger partial charge in [0.2, 0.25) is 0 Å². The minimum Gasteiger partial charge on any atom is -0.378 e. The molecule has 0 amide bonds. The Labute approximate surface area is 176 Å². The number of thiazole rings is 1. The smallest absolute Gasteiger partial charge is 0.191 e. The van der Waals surface area contributed by atoms with Crippen molar-refractivity contribution in [2.75, 3.05) is 38.3 Å². The second-order valence-corrected chi connectivity index (χ2v) is 7.19. The lowest BCUT2D eigenvalue weighted by molar-refractivity contribution is 0.122. The first-order valence-electron chi connectivity index (χ1n) is 8.52. The molecule has 8 heteroatoms. The average Bonchev–Trinajstić information content (AvgIpc) is 3.08. The van der Waals surface area contributed by atoms with Gasteiger partial charge in [-0.05, 0) is 18.6 Å². The number of nitrogens with zero attached hydrogens (tertiary/aromatic N) is 3. The summed E-state index contributed by atoms with van der Waals surface area (Å²) in [5, 5.41) is 7.79. The topological polar surface area (TPSA) is 61.8 Å². The highest BCUT2D eigenvalue weighted by Crippen LogP contribution is 2.21. The van der Waals surface area contributed by atoms with Crippen LogP contribution in [0.25, 0.3) is 0 Å². The van der Waals surface area contributed by atoms with E-state index in [1.54, 1.807) is 18.4 Å². The summed E-state index contributed by atoms with van der Waals surface area (Å²) in [6.45, 7) is 6.93. The summed E-state index contributed by atoms with van der Waals surface area (Å²) in [7, 11) is 1.79. The summed E-state index contributed by atoms with van der Waals surface area (Å²) in [6.07, 6.45) is 1.90. The first kappa shape index (κ1) is 20.9. The zero-order valence-corrected chi connectivity index (χ0v) is 18.3. The van der Waals surface area contributed by atoms with Gasteiger partial charge in [-0.25, -0.2) is 4.98 Å². The molecule has 2 aromatic rings. The van der Waals surface area contributed by atoms with Crippen molar-refractivity contribution < 1.29 is 4.74 Å². The predicted octanol–water partition coefficient (Wildman–Crippen LogP) is 2.77. The zero-order chi connectivity index (χ0) is 17.5. The molecule has 1 aromatic carbocycles. The number of morpholine rings is 1. The lowest BCUT2D eigenvalue weighted by Crippen LogP contribution is -2.38. The van der Waals surface area contributed by atoms with Crippen LogP contribution in [0.3, 0.4) is 0 Å². The van der Waals surface area contributed by atoms with Crippen LogP contribution in [-0.2, 0) is 17.8 Å². The third-order valence-corrected chi connectivity index (χ3v) is 5.00. The van der Waals surface area contributed by atoms with E-state index >= 15 is 0 Å². The maximum absolute atomic E-state index is 5.46. The van der Waals surface area contributed by atoms with Crippen LogP contribution in [0.4, 0.5) is 5.69 Å². The van der Waals surface area contributed by atoms with Crippen molar-refractivity contribution in [3.63, 3.8) is 0 Å². The van der Waals surface area contributed by atoms with Gasteiger partial charge in [-0.3, -0.25) is 4.99 Å². The summed E-state index contributed by atoms with van der Waals surface area (Å²) in [5.41, 5.74) is 2.53. The molecule has 3 rings (SSSR count). The van der Waals surface area contributed by atoms with E-state index in [-0.39, 0.29) is 24.0 Å². The quantitative estimate of drug-likeness (QED) is 0.386. The van der Waals surface area contributed by atoms with Crippen molar-refractivity contribution in [1.29, 1.82) is 0 Å². The molecule has 2 heterocycles. The van der Waals surface area contributed by atoms with Crippen molar-refractivity contribution in [1.82, 2.24) is 15.6 Å². The van der Waals surface area contributed by atoms with Gasteiger partial charge in [0.05, 0.1) is 19.8 Å². The van der Waals surface area contributed by atoms with Crippen LogP contribution in [0.1, 0.15) is 15.4 Å². The summed E-state index contributed by atoms with van der Waals surface area (Å²) < 4.78 is 5.46. The fraction of sp³-hybridized carbons (Fsp3) is 0.444. The van der Waals surface area contributed by atoms with Crippen LogP contribution in [-0.4, -0.2) is 44.3 Å². The van der Waals surface area contributed by atoms with Gasteiger partial charge in [-0.15, -0.1) is 35.3 Å². The summed E-state index contributed by atoms with van der Waals surface area (Å²) >= 11 is 1.70. The van der Waals surface area contributed by atoms with Gasteiger partial charge in [0.25, 0.3) is 0 Å². The Morgan fingerprint density at radius 3 is 2.65 bits per heavy atom. The Bertz CT molecular complexity index is 715. The molecule has 6 nitrogen and oxygen atoms in total. The molecule has 26 heavy (non-hydrogen) atoms. The standard InChI is InChI=1S/C18H25N5OS.HI/c1-14-11-20-17(25-14)13-22-18(19-2)21-12-15-5-3-4-6-16(15)23-7-9-24-10-8-23;/h3-6,11H,7-10,12-13H2,1-2H3,(H2,19,21,22);1H. The number of para-hydroxylation sites is 1. The molecule has 0 radical (unpaired) electrons. The van der Waals surface area contributed by atoms with Crippen LogP contribution >= 0.6 is 35.3 Å². The van der Waals surface area contributed by atoms with Crippen LogP contribution in [0.5, 0.6) is 0 Å². The molecule has 0 bridgehead atoms. The SMILES string of the molecule is CN=C(NCc1ncc(C)s1)NCc1ccccc1N1CCOCC1.I. The van der Waals surface area contributed by atoms with Gasteiger partial charge in [0.15, 0.2) is 5.96 Å². The number of hydrogen-bond acceptors (Lipinski definition) is 5. The molecule has 2 N–H and O–H groups in total. The lowest BCUT2D eigenvalue weighted by Gasteiger charge is -2.30. The van der Waals surface area contributed by atoms with Crippen LogP contribution in [0.15, 0.2) is 35.5 Å². The van der Waals surface area contributed by atoms with Crippen molar-refractivity contribution >= 4 is 47.0 Å². The number of rotatable bonds is 5. The van der Waals surface area contributed by atoms with E-state index in [4.69, 9.17) is 4.74 Å². The lowest BCUT2D eigenvalue weighted by atomic mass is 10.1. The number of guanidine groups is 1. The van der Waals surface area contributed by atoms with E-state index in [0.29, 0.717) is 6.54 Å². The third-order valence-electron chi connectivity index (χ3n) is 4.09. The Morgan fingerprint density at radius 1 is 1.23 bits per heavy atom. The summed E-state index contributed by atoms with van der Waals surface area (Å²) in [6, 6.07) is 8.51. The Balaban J connectivity index is 0.00000243. The number of aliphatic imine (C=N–C) groups is 1. The number of ether oxygens (including phenoxy) is 1. The average molecular weight is 487 g/mol. The molecule has 1 saturated heterocycles. The molecule has 0 unspecified atom stereocenters. The van der Waals surface area contributed by atoms with Gasteiger partial charge in [-0.1, -0.05) is 18.2 Å². The minimum absolute atomic E-state index is 0. The Hall–Kier alpha value is -1.39. The molecule has 0 atom stereocenters. The molecule has 0 aliphatic carbocycles. The highest BCUT2D eigenvalue weighted by Gasteiger charge is 2.14. The number of halogens is 1. The number of nitrogens with one attached hydrogen (secondary N) is 2. The summed E-state index contributed by atoms with van der Waals surface area (Å²) in [5.74, 6) is 0.782. The van der Waals surface area contributed by atoms with Crippen molar-refractivity contribution in [2.45, 2.75) is 20.0 Å². The fourth-order valence-corrected chi connectivity index (χ4v) is 3.54. The normalized spacial score (nSPS) is 14.7. The van der Waals surface area contributed by atoms with Crippen molar-refractivity contribution in [3.8, 4) is 0 Å². The molecular formula is C18H26IN5OS. The van der Waals surface area contributed by atoms with Gasteiger partial charge < -0.3 is 20.3 Å². The molecule has 1 aliphatic rings. The van der Waals surface area contributed by atoms with E-state index in [1.165, 1.54) is 16.1 Å². The molecule has 142 valence electrons. The van der Waals surface area contributed by atoms with Crippen molar-refractivity contribution in [2.24, 2.45) is 4.99 Å². The highest BCUT2D eigenvalue weighted by atomic mass is 127. The van der Waals surface area contributed by atoms with E-state index in [2.05, 4.69) is 56.7 Å². The van der Waals surface area contributed by atoms with Crippen LogP contribution < -0.4 is 15.5 Å². The molecule has 1 aromatic heterocycles. The second-order valence-electron chi connectivity index (χ2n) is 5.87. The molecule has 0 saturated carbocycles. The minimum atomic E-state index is 0. The maximum atomic E-state index is 5.46. The molecule has 0 spiro atoms. The number of hydrogen-bond donors (Lipinski definition) is 2. The molecule has 1 fully saturated rings. The number of benzene rings is 1.